The maximum Gasteiger partial charge on any atom is 0.376 e. The van der Waals surface area contributed by atoms with Crippen molar-refractivity contribution in [3.63, 3.8) is 0 Å². The average Bonchev–Trinajstić information content (AvgIpc) is 3.42. The van der Waals surface area contributed by atoms with Gasteiger partial charge in [0.15, 0.2) is 50.1 Å². The molecule has 34 heteroatoms. The van der Waals surface area contributed by atoms with Gasteiger partial charge >= 0.3 is 5.97 Å². The van der Waals surface area contributed by atoms with E-state index >= 15 is 0 Å². The Hall–Kier alpha value is -1.84. The molecule has 0 aromatic heterocycles. The molecule has 77 heavy (non-hydrogen) atoms. The highest BCUT2D eigenvalue weighted by Gasteiger charge is 2.59. The van der Waals surface area contributed by atoms with Gasteiger partial charge in [0, 0.05) is 11.1 Å². The fourth-order valence-corrected chi connectivity index (χ4v) is 10.1. The summed E-state index contributed by atoms with van der Waals surface area (Å²) >= 11 is 0. The molecule has 2 unspecified atom stereocenters. The van der Waals surface area contributed by atoms with Crippen LogP contribution in [0.2, 0.25) is 0 Å². The first-order valence-electron chi connectivity index (χ1n) is 24.8. The van der Waals surface area contributed by atoms with Crippen molar-refractivity contribution >= 4 is 5.97 Å². The quantitative estimate of drug-likeness (QED) is 0.0762. The summed E-state index contributed by atoms with van der Waals surface area (Å²) in [6, 6.07) is 0. The summed E-state index contributed by atoms with van der Waals surface area (Å²) in [4.78, 5) is 15.7. The van der Waals surface area contributed by atoms with Crippen LogP contribution in [0.15, 0.2) is 0 Å². The molecule has 22 aliphatic heterocycles. The summed E-state index contributed by atoms with van der Waals surface area (Å²) in [5.74, 6) is -1.65. The lowest BCUT2D eigenvalue weighted by Gasteiger charge is -2.51. The van der Waals surface area contributed by atoms with Gasteiger partial charge < -0.3 is 153 Å². The minimum Gasteiger partial charge on any atom is -0.394 e. The van der Waals surface area contributed by atoms with E-state index in [1.807, 2.05) is 0 Å². The molecule has 22 saturated heterocycles. The van der Waals surface area contributed by atoms with E-state index in [2.05, 4.69) is 4.94 Å². The molecule has 16 N–H and O–H groups in total. The largest absolute Gasteiger partial charge is 0.394 e. The topological polar surface area (TPSA) is 488 Å². The molecule has 0 aromatic carbocycles. The number of hydrogen-bond acceptors (Lipinski definition) is 33. The van der Waals surface area contributed by atoms with Crippen LogP contribution in [0.5, 0.6) is 0 Å². The molecule has 22 fully saturated rings. The molecule has 0 aliphatic carbocycles. The summed E-state index contributed by atoms with van der Waals surface area (Å²) < 4.78 is 101. The van der Waals surface area contributed by atoms with Crippen molar-refractivity contribution < 1.29 is 167 Å². The lowest BCUT2D eigenvalue weighted by Crippen LogP contribution is -2.69. The van der Waals surface area contributed by atoms with Gasteiger partial charge in [0.1, 0.15) is 146 Å². The molecule has 0 spiro atoms. The van der Waals surface area contributed by atoms with Crippen molar-refractivity contribution in [2.24, 2.45) is 0 Å². The molecule has 22 heterocycles. The van der Waals surface area contributed by atoms with Gasteiger partial charge in [-0.25, -0.2) is 4.79 Å². The molecule has 0 aromatic rings. The predicted octanol–water partition coefficient (Wildman–Crippen LogP) is -10.8. The third-order valence-corrected chi connectivity index (χ3v) is 14.1. The van der Waals surface area contributed by atoms with Crippen LogP contribution in [0.25, 0.3) is 0 Å². The van der Waals surface area contributed by atoms with E-state index < -0.39 is 242 Å². The van der Waals surface area contributed by atoms with Gasteiger partial charge in [-0.2, -0.15) is 0 Å². The number of carbonyl (C=O) groups excluding carboxylic acids is 1. The summed E-state index contributed by atoms with van der Waals surface area (Å²) in [6.45, 7) is -2.28. The van der Waals surface area contributed by atoms with Gasteiger partial charge in [-0.05, 0) is 20.8 Å². The predicted molar refractivity (Wildman–Crippen MR) is 231 cm³/mol. The first-order valence-corrected chi connectivity index (χ1v) is 24.8. The second kappa shape index (κ2) is 27.5. The van der Waals surface area contributed by atoms with Crippen LogP contribution in [0.3, 0.4) is 0 Å². The number of carbonyl (C=O) groups is 1. The maximum atomic E-state index is 13.3. The zero-order chi connectivity index (χ0) is 56.3. The van der Waals surface area contributed by atoms with Crippen LogP contribution in [-0.2, 0) is 80.8 Å². The van der Waals surface area contributed by atoms with E-state index in [0.29, 0.717) is 0 Å². The Bertz CT molecular complexity index is 1810. The summed E-state index contributed by atoms with van der Waals surface area (Å²) in [7, 11) is 0. The van der Waals surface area contributed by atoms with Crippen molar-refractivity contribution in [2.75, 3.05) is 46.2 Å². The zero-order valence-corrected chi connectivity index (χ0v) is 41.4. The molecule has 32 atom stereocenters. The lowest BCUT2D eigenvalue weighted by molar-refractivity contribution is -0.408. The van der Waals surface area contributed by atoms with Crippen LogP contribution >= 0.6 is 0 Å². The molecular formula is C43H71FO33. The highest BCUT2D eigenvalue weighted by molar-refractivity contribution is 5.73. The number of halogens is 1. The standard InChI is InChI=1S/C43H71FO33/c1-4-62-12(3)64-36-28(60)43-70-18(10-50)34(36)75-41-26(58)22(54)31(15(7-47)68-41)73-39-24(56)20(52)29(13(5-45)66-39)71-38-23(55)19(51)30(14(6-46)65-38)72-40-25(57)21(53)32(16(8-48)67-40)74-42-27(59)35(63-11(2)37(61)77-44)33(76-43)17(9-49)69-42/h11-36,38-43,45-60H,4-10H2,1-3H3/t11?,12?,13-,14-,15-,16-,17-,18-,19-,20-,21-,22-,23-,24-,25-,26-,27-,28-,29-,30-,31-,32-,33+,34+,35-,36-,38-,39-,40-,41-,42-,43-/m1/s1. The first kappa shape index (κ1) is 62.8. The van der Waals surface area contributed by atoms with E-state index in [-0.39, 0.29) is 6.61 Å². The molecule has 448 valence electrons. The zero-order valence-electron chi connectivity index (χ0n) is 41.4. The molecule has 12 bridgehead atoms. The fourth-order valence-electron chi connectivity index (χ4n) is 10.1. The SMILES string of the molecule is CCOC(C)O[C@@H]1[C@@H](O)[C@H]2O[C@@H]3[C@H](OC(C)C(=O)OF)[C@@H](O)[C@@H](O[C@H]4[C@H](O)[C@@H](O)[C@@H](O[C@H]5[C@H](O)[C@@H](O)[C@@H](O[C@H]6[C@H](O)[C@@H](O)[C@@H](O[C@H]7[C@H](O)[C@@H](O)[C@@H](O[C@H]1[C@@H](CO)O2)O[C@@H]7CO)O[C@@H]6CO)O[C@@H]5CO)O[C@@H]4CO)O[C@@H]3CO. The molecule has 22 aliphatic rings. The van der Waals surface area contributed by atoms with Crippen LogP contribution in [0.1, 0.15) is 20.8 Å². The molecule has 22 rings (SSSR count). The van der Waals surface area contributed by atoms with Crippen LogP contribution in [0.4, 0.5) is 4.53 Å². The second-order valence-electron chi connectivity index (χ2n) is 19.1. The third kappa shape index (κ3) is 13.2. The Balaban J connectivity index is 1.27. The van der Waals surface area contributed by atoms with Crippen LogP contribution < -0.4 is 0 Å². The minimum absolute atomic E-state index is 0.0378. The van der Waals surface area contributed by atoms with Crippen LogP contribution in [0, 0.1) is 0 Å². The number of aliphatic hydroxyl groups excluding tert-OH is 16. The van der Waals surface area contributed by atoms with E-state index in [9.17, 15) is 91.0 Å². The van der Waals surface area contributed by atoms with E-state index in [1.54, 1.807) is 6.92 Å². The Labute approximate surface area is 436 Å². The molecule has 0 saturated carbocycles. The minimum atomic E-state index is -2.26. The lowest BCUT2D eigenvalue weighted by atomic mass is 9.94. The number of ether oxygens (including phenoxy) is 15. The smallest absolute Gasteiger partial charge is 0.376 e. The van der Waals surface area contributed by atoms with Crippen molar-refractivity contribution in [2.45, 2.75) is 217 Å². The van der Waals surface area contributed by atoms with Crippen molar-refractivity contribution in [1.82, 2.24) is 0 Å². The third-order valence-electron chi connectivity index (χ3n) is 14.1. The van der Waals surface area contributed by atoms with E-state index in [1.165, 1.54) is 6.92 Å². The number of rotatable bonds is 13. The normalized spacial score (nSPS) is 49.9. The first-order chi connectivity index (χ1) is 36.7. The monoisotopic (exact) mass is 1130 g/mol. The Morgan fingerprint density at radius 2 is 0.636 bits per heavy atom. The van der Waals surface area contributed by atoms with Crippen molar-refractivity contribution in [3.05, 3.63) is 0 Å². The summed E-state index contributed by atoms with van der Waals surface area (Å²) in [5.41, 5.74) is 0. The average molecular weight is 1140 g/mol. The van der Waals surface area contributed by atoms with Crippen molar-refractivity contribution in [1.29, 1.82) is 0 Å². The molecule has 0 amide bonds. The summed E-state index contributed by atoms with van der Waals surface area (Å²) in [6.07, 6.45) is -62.7. The van der Waals surface area contributed by atoms with Gasteiger partial charge in [0.05, 0.1) is 39.6 Å². The van der Waals surface area contributed by atoms with Gasteiger partial charge in [0.25, 0.3) is 0 Å². The summed E-state index contributed by atoms with van der Waals surface area (Å²) in [5, 5.41) is 178. The molecule has 0 radical (unpaired) electrons. The van der Waals surface area contributed by atoms with E-state index in [0.717, 1.165) is 6.92 Å². The number of aliphatic hydroxyl groups is 16. The highest BCUT2D eigenvalue weighted by Crippen LogP contribution is 2.39. The highest BCUT2D eigenvalue weighted by atomic mass is 19.3. The van der Waals surface area contributed by atoms with Crippen LogP contribution in [-0.4, -0.2) is 331 Å². The Kier molecular flexibility index (Phi) is 22.4. The number of hydrogen-bond donors (Lipinski definition) is 16. The Morgan fingerprint density at radius 3 is 0.896 bits per heavy atom. The van der Waals surface area contributed by atoms with Gasteiger partial charge in [-0.3, -0.25) is 4.94 Å². The van der Waals surface area contributed by atoms with Crippen molar-refractivity contribution in [3.8, 4) is 0 Å². The van der Waals surface area contributed by atoms with E-state index in [4.69, 9.17) is 71.1 Å². The van der Waals surface area contributed by atoms with Gasteiger partial charge in [-0.1, -0.05) is 0 Å². The molecular weight excluding hydrogens is 1060 g/mol. The maximum absolute atomic E-state index is 13.3. The molecule has 33 nitrogen and oxygen atoms in total. The van der Waals surface area contributed by atoms with Gasteiger partial charge in [-0.15, -0.1) is 0 Å². The fraction of sp³-hybridized carbons (Fsp3) is 0.977. The second-order valence-corrected chi connectivity index (χ2v) is 19.1. The van der Waals surface area contributed by atoms with Gasteiger partial charge in [0.2, 0.25) is 0 Å². The Morgan fingerprint density at radius 1 is 0.390 bits per heavy atom.